The lowest BCUT2D eigenvalue weighted by atomic mass is 10.1. The molecular formula is C22H23ClFN5O2. The predicted molar refractivity (Wildman–Crippen MR) is 119 cm³/mol. The van der Waals surface area contributed by atoms with Crippen molar-refractivity contribution in [1.82, 2.24) is 15.0 Å². The highest BCUT2D eigenvalue weighted by molar-refractivity contribution is 6.30. The number of morpholine rings is 1. The number of aromatic nitrogens is 3. The minimum absolute atomic E-state index is 0.0363. The maximum atomic E-state index is 14.6. The highest BCUT2D eigenvalue weighted by Gasteiger charge is 2.25. The topological polar surface area (TPSA) is 72.4 Å². The van der Waals surface area contributed by atoms with Crippen LogP contribution in [0.25, 0.3) is 11.1 Å². The lowest BCUT2D eigenvalue weighted by molar-refractivity contribution is -0.00572. The summed E-state index contributed by atoms with van der Waals surface area (Å²) in [5.74, 6) is 0.236. The van der Waals surface area contributed by atoms with E-state index in [0.717, 1.165) is 11.1 Å². The fourth-order valence-corrected chi connectivity index (χ4v) is 3.70. The van der Waals surface area contributed by atoms with Gasteiger partial charge >= 0.3 is 0 Å². The first kappa shape index (κ1) is 21.3. The highest BCUT2D eigenvalue weighted by atomic mass is 35.5. The first-order chi connectivity index (χ1) is 14.9. The molecule has 1 saturated heterocycles. The Morgan fingerprint density at radius 3 is 2.48 bits per heavy atom. The van der Waals surface area contributed by atoms with Crippen LogP contribution in [0.4, 0.5) is 21.8 Å². The SMILES string of the molecule is COc1ncc(-c2ccc(Cl)cc2)cc1Nc1nc(N2C[C@@H](C)O[C@@H](C)C2)ncc1F. The maximum absolute atomic E-state index is 14.6. The van der Waals surface area contributed by atoms with Crippen molar-refractivity contribution in [3.05, 3.63) is 53.6 Å². The van der Waals surface area contributed by atoms with Crippen LogP contribution in [0.1, 0.15) is 13.8 Å². The molecule has 0 aliphatic carbocycles. The number of nitrogens with zero attached hydrogens (tertiary/aromatic N) is 4. The summed E-state index contributed by atoms with van der Waals surface area (Å²) in [6.45, 7) is 5.24. The molecule has 7 nitrogen and oxygen atoms in total. The molecule has 1 fully saturated rings. The van der Waals surface area contributed by atoms with E-state index in [1.54, 1.807) is 18.3 Å². The van der Waals surface area contributed by atoms with Crippen LogP contribution in [-0.2, 0) is 4.74 Å². The molecule has 1 aliphatic heterocycles. The van der Waals surface area contributed by atoms with Crippen molar-refractivity contribution in [2.45, 2.75) is 26.1 Å². The average Bonchev–Trinajstić information content (AvgIpc) is 2.75. The second kappa shape index (κ2) is 9.03. The fraction of sp³-hybridized carbons (Fsp3) is 0.318. The number of methoxy groups -OCH3 is 1. The molecule has 2 aromatic heterocycles. The molecule has 0 bridgehead atoms. The molecule has 31 heavy (non-hydrogen) atoms. The van der Waals surface area contributed by atoms with Crippen molar-refractivity contribution in [1.29, 1.82) is 0 Å². The number of nitrogens with one attached hydrogen (secondary N) is 1. The summed E-state index contributed by atoms with van der Waals surface area (Å²) >= 11 is 5.98. The molecule has 3 heterocycles. The molecule has 0 spiro atoms. The number of rotatable bonds is 5. The summed E-state index contributed by atoms with van der Waals surface area (Å²) in [4.78, 5) is 14.9. The van der Waals surface area contributed by atoms with E-state index >= 15 is 0 Å². The first-order valence-electron chi connectivity index (χ1n) is 9.93. The number of benzene rings is 1. The van der Waals surface area contributed by atoms with Gasteiger partial charge in [-0.2, -0.15) is 4.98 Å². The van der Waals surface area contributed by atoms with Gasteiger partial charge in [-0.3, -0.25) is 0 Å². The van der Waals surface area contributed by atoms with Crippen molar-refractivity contribution < 1.29 is 13.9 Å². The third kappa shape index (κ3) is 4.86. The summed E-state index contributed by atoms with van der Waals surface area (Å²) in [6, 6.07) is 9.21. The number of pyridine rings is 1. The molecule has 162 valence electrons. The fourth-order valence-electron chi connectivity index (χ4n) is 3.57. The Bertz CT molecular complexity index is 1060. The van der Waals surface area contributed by atoms with Gasteiger partial charge in [-0.15, -0.1) is 0 Å². The van der Waals surface area contributed by atoms with Gasteiger partial charge in [0, 0.05) is 29.9 Å². The van der Waals surface area contributed by atoms with Crippen molar-refractivity contribution in [3.63, 3.8) is 0 Å². The van der Waals surface area contributed by atoms with Crippen LogP contribution in [0.15, 0.2) is 42.7 Å². The van der Waals surface area contributed by atoms with Crippen LogP contribution in [0, 0.1) is 5.82 Å². The summed E-state index contributed by atoms with van der Waals surface area (Å²) in [6.07, 6.45) is 2.92. The normalized spacial score (nSPS) is 18.7. The average molecular weight is 444 g/mol. The van der Waals surface area contributed by atoms with Crippen molar-refractivity contribution in [3.8, 4) is 17.0 Å². The first-order valence-corrected chi connectivity index (χ1v) is 10.3. The molecule has 0 saturated carbocycles. The summed E-state index contributed by atoms with van der Waals surface area (Å²) in [7, 11) is 1.51. The molecule has 3 aromatic rings. The van der Waals surface area contributed by atoms with Crippen LogP contribution in [0.2, 0.25) is 5.02 Å². The molecular weight excluding hydrogens is 421 g/mol. The number of anilines is 3. The van der Waals surface area contributed by atoms with Gasteiger partial charge in [-0.25, -0.2) is 14.4 Å². The van der Waals surface area contributed by atoms with E-state index in [9.17, 15) is 4.39 Å². The molecule has 2 atom stereocenters. The number of hydrogen-bond acceptors (Lipinski definition) is 7. The molecule has 1 aromatic carbocycles. The van der Waals surface area contributed by atoms with Gasteiger partial charge in [0.15, 0.2) is 11.6 Å². The van der Waals surface area contributed by atoms with Crippen molar-refractivity contribution in [2.24, 2.45) is 0 Å². The van der Waals surface area contributed by atoms with E-state index in [-0.39, 0.29) is 18.0 Å². The lowest BCUT2D eigenvalue weighted by Gasteiger charge is -2.35. The summed E-state index contributed by atoms with van der Waals surface area (Å²) < 4.78 is 25.7. The Labute approximate surface area is 185 Å². The van der Waals surface area contributed by atoms with Crippen LogP contribution in [0.5, 0.6) is 5.88 Å². The van der Waals surface area contributed by atoms with Gasteiger partial charge in [0.25, 0.3) is 0 Å². The smallest absolute Gasteiger partial charge is 0.237 e. The van der Waals surface area contributed by atoms with E-state index in [1.165, 1.54) is 13.3 Å². The van der Waals surface area contributed by atoms with Crippen LogP contribution < -0.4 is 15.0 Å². The Hall–Kier alpha value is -2.97. The van der Waals surface area contributed by atoms with E-state index in [1.807, 2.05) is 36.9 Å². The third-order valence-electron chi connectivity index (χ3n) is 4.91. The summed E-state index contributed by atoms with van der Waals surface area (Å²) in [5, 5.41) is 3.66. The largest absolute Gasteiger partial charge is 0.480 e. The standard InChI is InChI=1S/C22H23ClFN5O2/c1-13-11-29(12-14(2)31-13)22-26-10-18(24)20(28-22)27-19-8-16(9-25-21(19)30-3)15-4-6-17(23)7-5-15/h4-10,13-14H,11-12H2,1-3H3,(H,26,27,28)/t13-,14+. The van der Waals surface area contributed by atoms with Gasteiger partial charge in [0.1, 0.15) is 5.69 Å². The second-order valence-electron chi connectivity index (χ2n) is 7.44. The van der Waals surface area contributed by atoms with Gasteiger partial charge in [-0.1, -0.05) is 23.7 Å². The van der Waals surface area contributed by atoms with Gasteiger partial charge < -0.3 is 19.7 Å². The molecule has 9 heteroatoms. The Balaban J connectivity index is 1.65. The Morgan fingerprint density at radius 1 is 1.10 bits per heavy atom. The zero-order valence-corrected chi connectivity index (χ0v) is 18.2. The third-order valence-corrected chi connectivity index (χ3v) is 5.16. The van der Waals surface area contributed by atoms with E-state index in [2.05, 4.69) is 20.3 Å². The summed E-state index contributed by atoms with van der Waals surface area (Å²) in [5.41, 5.74) is 2.23. The molecule has 4 rings (SSSR count). The Kier molecular flexibility index (Phi) is 6.20. The highest BCUT2D eigenvalue weighted by Crippen LogP contribution is 2.32. The number of hydrogen-bond donors (Lipinski definition) is 1. The van der Waals surface area contributed by atoms with Crippen LogP contribution in [0.3, 0.4) is 0 Å². The lowest BCUT2D eigenvalue weighted by Crippen LogP contribution is -2.46. The molecule has 0 unspecified atom stereocenters. The zero-order chi connectivity index (χ0) is 22.0. The van der Waals surface area contributed by atoms with E-state index in [4.69, 9.17) is 21.1 Å². The van der Waals surface area contributed by atoms with Crippen molar-refractivity contribution >= 4 is 29.1 Å². The second-order valence-corrected chi connectivity index (χ2v) is 7.88. The van der Waals surface area contributed by atoms with Gasteiger partial charge in [0.05, 0.1) is 25.5 Å². The Morgan fingerprint density at radius 2 is 1.81 bits per heavy atom. The molecule has 1 N–H and O–H groups in total. The minimum Gasteiger partial charge on any atom is -0.480 e. The van der Waals surface area contributed by atoms with Gasteiger partial charge in [-0.05, 0) is 37.6 Å². The maximum Gasteiger partial charge on any atom is 0.237 e. The van der Waals surface area contributed by atoms with Crippen LogP contribution >= 0.6 is 11.6 Å². The van der Waals surface area contributed by atoms with Crippen LogP contribution in [-0.4, -0.2) is 47.4 Å². The number of ether oxygens (including phenoxy) is 2. The van der Waals surface area contributed by atoms with E-state index < -0.39 is 5.82 Å². The van der Waals surface area contributed by atoms with Gasteiger partial charge in [0.2, 0.25) is 11.8 Å². The zero-order valence-electron chi connectivity index (χ0n) is 17.5. The number of halogens is 2. The minimum atomic E-state index is -0.572. The van der Waals surface area contributed by atoms with E-state index in [0.29, 0.717) is 35.6 Å². The van der Waals surface area contributed by atoms with Crippen molar-refractivity contribution in [2.75, 3.05) is 30.4 Å². The molecule has 0 amide bonds. The predicted octanol–water partition coefficient (Wildman–Crippen LogP) is 4.70. The monoisotopic (exact) mass is 443 g/mol. The molecule has 0 radical (unpaired) electrons. The quantitative estimate of drug-likeness (QED) is 0.612. The molecule has 1 aliphatic rings.